The van der Waals surface area contributed by atoms with Crippen LogP contribution in [0.4, 0.5) is 0 Å². The summed E-state index contributed by atoms with van der Waals surface area (Å²) in [5.41, 5.74) is 1.28. The van der Waals surface area contributed by atoms with E-state index in [0.717, 1.165) is 0 Å². The molecule has 0 unspecified atom stereocenters. The Morgan fingerprint density at radius 1 is 0.963 bits per heavy atom. The Labute approximate surface area is 156 Å². The van der Waals surface area contributed by atoms with E-state index in [1.807, 2.05) is 0 Å². The third-order valence-corrected chi connectivity index (χ3v) is 4.46. The Kier molecular flexibility index (Phi) is 5.21. The molecule has 0 amide bonds. The van der Waals surface area contributed by atoms with Crippen molar-refractivity contribution < 1.29 is 33.3 Å². The molecule has 0 aliphatic carbocycles. The van der Waals surface area contributed by atoms with Gasteiger partial charge in [0, 0.05) is 11.6 Å². The fourth-order valence-corrected chi connectivity index (χ4v) is 3.13. The SMILES string of the molecule is COc1ccc(C(=O)C[C@@H]2OC(=O)c3c2ccc(OC)c3OC)c(OC)c1. The molecule has 0 fully saturated rings. The molecular weight excluding hydrogens is 352 g/mol. The molecule has 27 heavy (non-hydrogen) atoms. The molecule has 0 bridgehead atoms. The van der Waals surface area contributed by atoms with Crippen molar-refractivity contribution in [3.63, 3.8) is 0 Å². The van der Waals surface area contributed by atoms with Gasteiger partial charge in [0.25, 0.3) is 0 Å². The van der Waals surface area contributed by atoms with Gasteiger partial charge >= 0.3 is 5.97 Å². The number of carbonyl (C=O) groups excluding carboxylic acids is 2. The van der Waals surface area contributed by atoms with E-state index >= 15 is 0 Å². The molecule has 1 heterocycles. The van der Waals surface area contributed by atoms with E-state index in [2.05, 4.69) is 0 Å². The second-order valence-corrected chi connectivity index (χ2v) is 5.85. The van der Waals surface area contributed by atoms with Crippen LogP contribution in [-0.2, 0) is 4.74 Å². The van der Waals surface area contributed by atoms with E-state index in [-0.39, 0.29) is 17.8 Å². The van der Waals surface area contributed by atoms with E-state index in [4.69, 9.17) is 23.7 Å². The Morgan fingerprint density at radius 2 is 1.70 bits per heavy atom. The molecule has 0 saturated heterocycles. The van der Waals surface area contributed by atoms with Crippen molar-refractivity contribution in [1.29, 1.82) is 0 Å². The zero-order valence-electron chi connectivity index (χ0n) is 15.5. The summed E-state index contributed by atoms with van der Waals surface area (Å²) in [6.45, 7) is 0. The van der Waals surface area contributed by atoms with Gasteiger partial charge in [0.05, 0.1) is 40.4 Å². The van der Waals surface area contributed by atoms with Crippen LogP contribution in [0.1, 0.15) is 38.8 Å². The zero-order chi connectivity index (χ0) is 19.6. The van der Waals surface area contributed by atoms with Crippen molar-refractivity contribution in [3.8, 4) is 23.0 Å². The van der Waals surface area contributed by atoms with Crippen molar-refractivity contribution in [3.05, 3.63) is 47.0 Å². The number of hydrogen-bond acceptors (Lipinski definition) is 7. The van der Waals surface area contributed by atoms with Gasteiger partial charge in [0.2, 0.25) is 0 Å². The maximum Gasteiger partial charge on any atom is 0.343 e. The number of Topliss-reactive ketones (excluding diaryl/α,β-unsaturated/α-hetero) is 1. The lowest BCUT2D eigenvalue weighted by molar-refractivity contribution is 0.0365. The van der Waals surface area contributed by atoms with Gasteiger partial charge in [-0.3, -0.25) is 4.79 Å². The first-order valence-electron chi connectivity index (χ1n) is 8.25. The lowest BCUT2D eigenvalue weighted by Gasteiger charge is -2.13. The zero-order valence-corrected chi connectivity index (χ0v) is 15.5. The number of esters is 1. The lowest BCUT2D eigenvalue weighted by atomic mass is 9.97. The third-order valence-electron chi connectivity index (χ3n) is 4.46. The number of benzene rings is 2. The summed E-state index contributed by atoms with van der Waals surface area (Å²) in [6.07, 6.45) is -0.719. The average molecular weight is 372 g/mol. The first kappa shape index (κ1) is 18.6. The van der Waals surface area contributed by atoms with Crippen LogP contribution < -0.4 is 18.9 Å². The minimum atomic E-state index is -0.702. The van der Waals surface area contributed by atoms with Gasteiger partial charge in [-0.2, -0.15) is 0 Å². The number of ether oxygens (including phenoxy) is 5. The minimum absolute atomic E-state index is 0.0170. The maximum atomic E-state index is 12.8. The largest absolute Gasteiger partial charge is 0.497 e. The molecular formula is C20H20O7. The van der Waals surface area contributed by atoms with Crippen LogP contribution in [-0.4, -0.2) is 40.2 Å². The smallest absolute Gasteiger partial charge is 0.343 e. The molecule has 0 spiro atoms. The molecule has 1 atom stereocenters. The normalized spacial score (nSPS) is 15.0. The molecule has 1 aliphatic rings. The summed E-state index contributed by atoms with van der Waals surface area (Å²) in [5, 5.41) is 0. The van der Waals surface area contributed by atoms with Crippen molar-refractivity contribution in [2.45, 2.75) is 12.5 Å². The van der Waals surface area contributed by atoms with Crippen molar-refractivity contribution in [2.75, 3.05) is 28.4 Å². The maximum absolute atomic E-state index is 12.8. The standard InChI is InChI=1S/C20H20O7/c1-23-11-5-6-12(16(9-11)25-3)14(21)10-17-13-7-8-15(24-2)19(26-4)18(13)20(22)27-17/h5-9,17H,10H2,1-4H3/t17-/m0/s1. The molecule has 0 radical (unpaired) electrons. The monoisotopic (exact) mass is 372 g/mol. The average Bonchev–Trinajstić information content (AvgIpc) is 3.01. The van der Waals surface area contributed by atoms with Crippen molar-refractivity contribution >= 4 is 11.8 Å². The van der Waals surface area contributed by atoms with Crippen LogP contribution in [0.25, 0.3) is 0 Å². The molecule has 7 heteroatoms. The predicted molar refractivity (Wildman–Crippen MR) is 96.2 cm³/mol. The van der Waals surface area contributed by atoms with E-state index in [1.165, 1.54) is 28.4 Å². The Hall–Kier alpha value is -3.22. The topological polar surface area (TPSA) is 80.3 Å². The van der Waals surface area contributed by atoms with Gasteiger partial charge in [0.15, 0.2) is 17.3 Å². The molecule has 1 aliphatic heterocycles. The van der Waals surface area contributed by atoms with Crippen LogP contribution in [0.5, 0.6) is 23.0 Å². The number of hydrogen-bond donors (Lipinski definition) is 0. The second-order valence-electron chi connectivity index (χ2n) is 5.85. The van der Waals surface area contributed by atoms with Crippen LogP contribution in [0.15, 0.2) is 30.3 Å². The summed E-state index contributed by atoms with van der Waals surface area (Å²) in [6, 6.07) is 8.34. The van der Waals surface area contributed by atoms with Gasteiger partial charge in [0.1, 0.15) is 23.2 Å². The fourth-order valence-electron chi connectivity index (χ4n) is 3.13. The lowest BCUT2D eigenvalue weighted by Crippen LogP contribution is -2.09. The Bertz CT molecular complexity index is 888. The summed E-state index contributed by atoms with van der Waals surface area (Å²) in [4.78, 5) is 25.1. The highest BCUT2D eigenvalue weighted by Crippen LogP contribution is 2.43. The van der Waals surface area contributed by atoms with Crippen LogP contribution in [0, 0.1) is 0 Å². The highest BCUT2D eigenvalue weighted by atomic mass is 16.6. The predicted octanol–water partition coefficient (Wildman–Crippen LogP) is 3.21. The summed E-state index contributed by atoms with van der Waals surface area (Å²) >= 11 is 0. The van der Waals surface area contributed by atoms with Crippen molar-refractivity contribution in [1.82, 2.24) is 0 Å². The minimum Gasteiger partial charge on any atom is -0.497 e. The number of carbonyl (C=O) groups is 2. The van der Waals surface area contributed by atoms with Gasteiger partial charge < -0.3 is 23.7 Å². The summed E-state index contributed by atoms with van der Waals surface area (Å²) in [7, 11) is 5.95. The van der Waals surface area contributed by atoms with E-state index in [0.29, 0.717) is 34.1 Å². The van der Waals surface area contributed by atoms with Crippen LogP contribution in [0.2, 0.25) is 0 Å². The molecule has 7 nitrogen and oxygen atoms in total. The third kappa shape index (κ3) is 3.28. The molecule has 142 valence electrons. The quantitative estimate of drug-likeness (QED) is 0.545. The number of cyclic esters (lactones) is 1. The highest BCUT2D eigenvalue weighted by Gasteiger charge is 2.37. The van der Waals surface area contributed by atoms with Gasteiger partial charge in [-0.15, -0.1) is 0 Å². The Balaban J connectivity index is 1.91. The fraction of sp³-hybridized carbons (Fsp3) is 0.300. The van der Waals surface area contributed by atoms with E-state index in [9.17, 15) is 9.59 Å². The number of fused-ring (bicyclic) bond motifs is 1. The first-order valence-corrected chi connectivity index (χ1v) is 8.25. The van der Waals surface area contributed by atoms with Gasteiger partial charge in [-0.1, -0.05) is 6.07 Å². The molecule has 2 aromatic carbocycles. The first-order chi connectivity index (χ1) is 13.0. The van der Waals surface area contributed by atoms with Crippen LogP contribution in [0.3, 0.4) is 0 Å². The number of methoxy groups -OCH3 is 4. The number of rotatable bonds is 7. The van der Waals surface area contributed by atoms with E-state index in [1.54, 1.807) is 30.3 Å². The highest BCUT2D eigenvalue weighted by molar-refractivity contribution is 6.02. The van der Waals surface area contributed by atoms with Crippen LogP contribution >= 0.6 is 0 Å². The molecule has 0 N–H and O–H groups in total. The Morgan fingerprint density at radius 3 is 2.33 bits per heavy atom. The number of ketones is 1. The van der Waals surface area contributed by atoms with Gasteiger partial charge in [-0.05, 0) is 18.2 Å². The molecule has 3 rings (SSSR count). The van der Waals surface area contributed by atoms with Gasteiger partial charge in [-0.25, -0.2) is 4.79 Å². The van der Waals surface area contributed by atoms with Crippen molar-refractivity contribution in [2.24, 2.45) is 0 Å². The molecule has 0 saturated carbocycles. The van der Waals surface area contributed by atoms with E-state index < -0.39 is 12.1 Å². The summed E-state index contributed by atoms with van der Waals surface area (Å²) in [5.74, 6) is 0.957. The second kappa shape index (κ2) is 7.57. The molecule has 2 aromatic rings. The molecule has 0 aromatic heterocycles. The summed E-state index contributed by atoms with van der Waals surface area (Å²) < 4.78 is 26.4.